The van der Waals surface area contributed by atoms with E-state index < -0.39 is 6.10 Å². The summed E-state index contributed by atoms with van der Waals surface area (Å²) in [5.74, 6) is 0.847. The van der Waals surface area contributed by atoms with Gasteiger partial charge < -0.3 is 15.2 Å². The van der Waals surface area contributed by atoms with Gasteiger partial charge in [0, 0.05) is 6.54 Å². The zero-order valence-electron chi connectivity index (χ0n) is 11.9. The van der Waals surface area contributed by atoms with Gasteiger partial charge in [0.2, 0.25) is 0 Å². The largest absolute Gasteiger partial charge is 0.497 e. The Labute approximate surface area is 110 Å². The summed E-state index contributed by atoms with van der Waals surface area (Å²) in [4.78, 5) is 0. The first kappa shape index (κ1) is 15.0. The highest BCUT2D eigenvalue weighted by Gasteiger charge is 2.14. The van der Waals surface area contributed by atoms with E-state index in [2.05, 4.69) is 12.2 Å². The fourth-order valence-electron chi connectivity index (χ4n) is 2.22. The molecule has 0 aromatic heterocycles. The second-order valence-corrected chi connectivity index (χ2v) is 4.75. The van der Waals surface area contributed by atoms with Crippen LogP contribution in [-0.2, 0) is 0 Å². The number of hydrogen-bond donors (Lipinski definition) is 2. The summed E-state index contributed by atoms with van der Waals surface area (Å²) in [6.45, 7) is 7.76. The first-order valence-corrected chi connectivity index (χ1v) is 6.64. The van der Waals surface area contributed by atoms with Gasteiger partial charge in [0.05, 0.1) is 13.2 Å². The number of rotatable bonds is 7. The van der Waals surface area contributed by atoms with Crippen LogP contribution in [0, 0.1) is 13.8 Å². The van der Waals surface area contributed by atoms with Gasteiger partial charge in [-0.05, 0) is 55.6 Å². The number of methoxy groups -OCH3 is 1. The van der Waals surface area contributed by atoms with Crippen LogP contribution in [0.4, 0.5) is 0 Å². The van der Waals surface area contributed by atoms with Crippen molar-refractivity contribution in [3.63, 3.8) is 0 Å². The average molecular weight is 251 g/mol. The van der Waals surface area contributed by atoms with E-state index in [0.717, 1.165) is 35.4 Å². The van der Waals surface area contributed by atoms with Crippen LogP contribution in [0.3, 0.4) is 0 Å². The first-order chi connectivity index (χ1) is 8.60. The van der Waals surface area contributed by atoms with Crippen LogP contribution in [0.5, 0.6) is 5.75 Å². The smallest absolute Gasteiger partial charge is 0.119 e. The van der Waals surface area contributed by atoms with E-state index in [1.54, 1.807) is 7.11 Å². The van der Waals surface area contributed by atoms with Crippen molar-refractivity contribution in [2.75, 3.05) is 20.2 Å². The molecule has 0 aliphatic carbocycles. The maximum absolute atomic E-state index is 10.2. The van der Waals surface area contributed by atoms with Crippen LogP contribution in [0.15, 0.2) is 12.1 Å². The highest BCUT2D eigenvalue weighted by molar-refractivity contribution is 5.42. The second kappa shape index (κ2) is 7.39. The van der Waals surface area contributed by atoms with Gasteiger partial charge in [0.15, 0.2) is 0 Å². The summed E-state index contributed by atoms with van der Waals surface area (Å²) >= 11 is 0. The van der Waals surface area contributed by atoms with Crippen molar-refractivity contribution >= 4 is 0 Å². The van der Waals surface area contributed by atoms with Crippen molar-refractivity contribution in [3.05, 3.63) is 28.8 Å². The van der Waals surface area contributed by atoms with Crippen molar-refractivity contribution in [1.29, 1.82) is 0 Å². The second-order valence-electron chi connectivity index (χ2n) is 4.75. The molecule has 0 radical (unpaired) electrons. The highest BCUT2D eigenvalue weighted by Crippen LogP contribution is 2.26. The molecule has 0 aliphatic heterocycles. The fraction of sp³-hybridized carbons (Fsp3) is 0.600. The lowest BCUT2D eigenvalue weighted by atomic mass is 9.97. The zero-order valence-corrected chi connectivity index (χ0v) is 11.9. The molecule has 0 amide bonds. The van der Waals surface area contributed by atoms with E-state index in [0.29, 0.717) is 6.54 Å². The Kier molecular flexibility index (Phi) is 6.16. The molecule has 0 bridgehead atoms. The Bertz CT molecular complexity index is 354. The fourth-order valence-corrected chi connectivity index (χ4v) is 2.22. The molecule has 0 spiro atoms. The molecule has 0 fully saturated rings. The molecule has 0 heterocycles. The summed E-state index contributed by atoms with van der Waals surface area (Å²) in [6.07, 6.45) is 1.87. The summed E-state index contributed by atoms with van der Waals surface area (Å²) in [5, 5.41) is 13.5. The number of benzene rings is 1. The summed E-state index contributed by atoms with van der Waals surface area (Å²) in [5.41, 5.74) is 3.17. The summed E-state index contributed by atoms with van der Waals surface area (Å²) in [7, 11) is 1.66. The van der Waals surface area contributed by atoms with Crippen LogP contribution < -0.4 is 10.1 Å². The minimum absolute atomic E-state index is 0.451. The maximum Gasteiger partial charge on any atom is 0.119 e. The van der Waals surface area contributed by atoms with Gasteiger partial charge >= 0.3 is 0 Å². The Morgan fingerprint density at radius 1 is 1.28 bits per heavy atom. The van der Waals surface area contributed by atoms with Crippen LogP contribution in [-0.4, -0.2) is 25.3 Å². The predicted octanol–water partition coefficient (Wildman–Crippen LogP) is 2.74. The normalized spacial score (nSPS) is 12.5. The van der Waals surface area contributed by atoms with Crippen molar-refractivity contribution in [2.45, 2.75) is 39.7 Å². The number of aliphatic hydroxyl groups is 1. The quantitative estimate of drug-likeness (QED) is 0.732. The van der Waals surface area contributed by atoms with Gasteiger partial charge in [-0.3, -0.25) is 0 Å². The Hall–Kier alpha value is -1.06. The van der Waals surface area contributed by atoms with Gasteiger partial charge in [-0.15, -0.1) is 0 Å². The van der Waals surface area contributed by atoms with Crippen LogP contribution in [0.25, 0.3) is 0 Å². The third kappa shape index (κ3) is 4.00. The number of aliphatic hydroxyl groups excluding tert-OH is 1. The lowest BCUT2D eigenvalue weighted by molar-refractivity contribution is 0.173. The number of unbranched alkanes of at least 4 members (excludes halogenated alkanes) is 1. The molecule has 102 valence electrons. The number of ether oxygens (including phenoxy) is 1. The molecule has 2 N–H and O–H groups in total. The molecule has 3 nitrogen and oxygen atoms in total. The zero-order chi connectivity index (χ0) is 13.5. The van der Waals surface area contributed by atoms with E-state index >= 15 is 0 Å². The molecule has 1 aromatic carbocycles. The Balaban J connectivity index is 2.70. The lowest BCUT2D eigenvalue weighted by Gasteiger charge is -2.18. The Morgan fingerprint density at radius 2 is 1.89 bits per heavy atom. The summed E-state index contributed by atoms with van der Waals surface area (Å²) < 4.78 is 5.23. The molecule has 3 heteroatoms. The number of hydrogen-bond acceptors (Lipinski definition) is 3. The molecular formula is C15H25NO2. The van der Waals surface area contributed by atoms with Crippen molar-refractivity contribution in [3.8, 4) is 5.75 Å². The van der Waals surface area contributed by atoms with Crippen LogP contribution in [0.2, 0.25) is 0 Å². The predicted molar refractivity (Wildman–Crippen MR) is 75.2 cm³/mol. The van der Waals surface area contributed by atoms with E-state index in [1.165, 1.54) is 6.42 Å². The van der Waals surface area contributed by atoms with Gasteiger partial charge in [0.1, 0.15) is 5.75 Å². The topological polar surface area (TPSA) is 41.5 Å². The molecule has 1 atom stereocenters. The summed E-state index contributed by atoms with van der Waals surface area (Å²) in [6, 6.07) is 3.94. The van der Waals surface area contributed by atoms with Crippen molar-refractivity contribution < 1.29 is 9.84 Å². The molecule has 0 aliphatic rings. The average Bonchev–Trinajstić information content (AvgIpc) is 2.33. The van der Waals surface area contributed by atoms with Gasteiger partial charge in [-0.25, -0.2) is 0 Å². The molecule has 0 saturated carbocycles. The molecule has 18 heavy (non-hydrogen) atoms. The van der Waals surface area contributed by atoms with E-state index in [1.807, 2.05) is 26.0 Å². The van der Waals surface area contributed by atoms with Crippen LogP contribution in [0.1, 0.15) is 42.6 Å². The maximum atomic E-state index is 10.2. The van der Waals surface area contributed by atoms with Crippen molar-refractivity contribution in [1.82, 2.24) is 5.32 Å². The van der Waals surface area contributed by atoms with E-state index in [-0.39, 0.29) is 0 Å². The number of aryl methyl sites for hydroxylation is 2. The molecule has 1 unspecified atom stereocenters. The molecular weight excluding hydrogens is 226 g/mol. The lowest BCUT2D eigenvalue weighted by Crippen LogP contribution is -2.23. The SMILES string of the molecule is CCCCNCC(O)c1c(C)cc(OC)cc1C. The molecule has 0 saturated heterocycles. The minimum atomic E-state index is -0.451. The highest BCUT2D eigenvalue weighted by atomic mass is 16.5. The molecule has 1 aromatic rings. The van der Waals surface area contributed by atoms with Gasteiger partial charge in [0.25, 0.3) is 0 Å². The van der Waals surface area contributed by atoms with Crippen molar-refractivity contribution in [2.24, 2.45) is 0 Å². The third-order valence-electron chi connectivity index (χ3n) is 3.18. The Morgan fingerprint density at radius 3 is 2.39 bits per heavy atom. The number of nitrogens with one attached hydrogen (secondary N) is 1. The minimum Gasteiger partial charge on any atom is -0.497 e. The van der Waals surface area contributed by atoms with E-state index in [9.17, 15) is 5.11 Å². The third-order valence-corrected chi connectivity index (χ3v) is 3.18. The van der Waals surface area contributed by atoms with Gasteiger partial charge in [-0.2, -0.15) is 0 Å². The van der Waals surface area contributed by atoms with E-state index in [4.69, 9.17) is 4.74 Å². The molecule has 1 rings (SSSR count). The monoisotopic (exact) mass is 251 g/mol. The standard InChI is InChI=1S/C15H25NO2/c1-5-6-7-16-10-14(17)15-11(2)8-13(18-4)9-12(15)3/h8-9,14,16-17H,5-7,10H2,1-4H3. The van der Waals surface area contributed by atoms with Gasteiger partial charge in [-0.1, -0.05) is 13.3 Å². The first-order valence-electron chi connectivity index (χ1n) is 6.64. The van der Waals surface area contributed by atoms with Crippen LogP contribution >= 0.6 is 0 Å².